The van der Waals surface area contributed by atoms with Crippen molar-refractivity contribution in [2.45, 2.75) is 6.61 Å². The molecule has 0 aromatic carbocycles. The van der Waals surface area contributed by atoms with Crippen LogP contribution in [-0.2, 0) is 11.3 Å². The zero-order chi connectivity index (χ0) is 11.4. The van der Waals surface area contributed by atoms with E-state index in [1.807, 2.05) is 11.4 Å². The Morgan fingerprint density at radius 2 is 2.38 bits per heavy atom. The highest BCUT2D eigenvalue weighted by molar-refractivity contribution is 9.11. The number of aromatic nitrogens is 2. The summed E-state index contributed by atoms with van der Waals surface area (Å²) < 4.78 is 6.12. The zero-order valence-electron chi connectivity index (χ0n) is 8.09. The summed E-state index contributed by atoms with van der Waals surface area (Å²) in [5, 5.41) is 9.13. The van der Waals surface area contributed by atoms with Crippen molar-refractivity contribution in [3.63, 3.8) is 0 Å². The van der Waals surface area contributed by atoms with Crippen molar-refractivity contribution in [2.75, 3.05) is 0 Å². The molecule has 2 rings (SSSR count). The van der Waals surface area contributed by atoms with E-state index in [9.17, 15) is 4.79 Å². The largest absolute Gasteiger partial charge is 0.457 e. The lowest BCUT2D eigenvalue weighted by molar-refractivity contribution is 0.0472. The first-order valence-corrected chi connectivity index (χ1v) is 6.10. The fourth-order valence-corrected chi connectivity index (χ4v) is 2.26. The summed E-state index contributed by atoms with van der Waals surface area (Å²) in [5.41, 5.74) is 1.37. The Bertz CT molecular complexity index is 487. The van der Waals surface area contributed by atoms with Crippen molar-refractivity contribution >= 4 is 33.2 Å². The first-order chi connectivity index (χ1) is 7.75. The summed E-state index contributed by atoms with van der Waals surface area (Å²) in [6.07, 6.45) is 2.84. The predicted octanol–water partition coefficient (Wildman–Crippen LogP) is 2.66. The van der Waals surface area contributed by atoms with Gasteiger partial charge in [-0.2, -0.15) is 10.2 Å². The highest BCUT2D eigenvalue weighted by Crippen LogP contribution is 2.21. The standard InChI is InChI=1S/C10H7BrN2O2S/c11-9-3-7(6-16-9)5-15-10(14)8-1-2-12-13-4-8/h1-4,6H,5H2. The van der Waals surface area contributed by atoms with E-state index in [0.717, 1.165) is 9.35 Å². The second-order valence-corrected chi connectivity index (χ2v) is 5.26. The van der Waals surface area contributed by atoms with Crippen molar-refractivity contribution in [3.05, 3.63) is 44.8 Å². The number of halogens is 1. The van der Waals surface area contributed by atoms with Gasteiger partial charge in [0.2, 0.25) is 0 Å². The molecule has 0 aliphatic carbocycles. The average molecular weight is 299 g/mol. The molecular weight excluding hydrogens is 292 g/mol. The molecule has 6 heteroatoms. The van der Waals surface area contributed by atoms with Gasteiger partial charge in [-0.15, -0.1) is 11.3 Å². The third-order valence-corrected chi connectivity index (χ3v) is 3.36. The fourth-order valence-electron chi connectivity index (χ4n) is 1.07. The van der Waals surface area contributed by atoms with Crippen molar-refractivity contribution in [2.24, 2.45) is 0 Å². The van der Waals surface area contributed by atoms with E-state index in [4.69, 9.17) is 4.74 Å². The van der Waals surface area contributed by atoms with Gasteiger partial charge >= 0.3 is 5.97 Å². The SMILES string of the molecule is O=C(OCc1csc(Br)c1)c1ccnnc1. The van der Waals surface area contributed by atoms with Gasteiger partial charge in [0.05, 0.1) is 21.7 Å². The summed E-state index contributed by atoms with van der Waals surface area (Å²) in [6.45, 7) is 0.267. The molecule has 0 radical (unpaired) electrons. The number of ether oxygens (including phenoxy) is 1. The molecule has 0 amide bonds. The van der Waals surface area contributed by atoms with Gasteiger partial charge in [-0.25, -0.2) is 4.79 Å². The van der Waals surface area contributed by atoms with Crippen LogP contribution >= 0.6 is 27.3 Å². The lowest BCUT2D eigenvalue weighted by Crippen LogP contribution is -2.05. The van der Waals surface area contributed by atoms with Crippen molar-refractivity contribution in [1.82, 2.24) is 10.2 Å². The van der Waals surface area contributed by atoms with Gasteiger partial charge in [-0.05, 0) is 33.4 Å². The number of hydrogen-bond acceptors (Lipinski definition) is 5. The summed E-state index contributed by atoms with van der Waals surface area (Å²) >= 11 is 4.90. The minimum absolute atomic E-state index is 0.267. The van der Waals surface area contributed by atoms with E-state index < -0.39 is 5.97 Å². The maximum absolute atomic E-state index is 11.5. The minimum Gasteiger partial charge on any atom is -0.457 e. The molecule has 0 saturated heterocycles. The quantitative estimate of drug-likeness (QED) is 0.818. The number of carbonyl (C=O) groups is 1. The number of thiophene rings is 1. The van der Waals surface area contributed by atoms with E-state index in [1.165, 1.54) is 12.4 Å². The molecule has 2 aromatic heterocycles. The highest BCUT2D eigenvalue weighted by Gasteiger charge is 2.07. The molecule has 82 valence electrons. The number of carbonyl (C=O) groups excluding carboxylic acids is 1. The van der Waals surface area contributed by atoms with Crippen molar-refractivity contribution < 1.29 is 9.53 Å². The molecule has 0 saturated carbocycles. The van der Waals surface area contributed by atoms with Crippen LogP contribution in [0.25, 0.3) is 0 Å². The van der Waals surface area contributed by atoms with Crippen LogP contribution in [0, 0.1) is 0 Å². The second kappa shape index (κ2) is 5.18. The number of nitrogens with zero attached hydrogens (tertiary/aromatic N) is 2. The highest BCUT2D eigenvalue weighted by atomic mass is 79.9. The molecule has 0 spiro atoms. The molecule has 0 bridgehead atoms. The lowest BCUT2D eigenvalue weighted by Gasteiger charge is -2.01. The summed E-state index contributed by atoms with van der Waals surface area (Å²) in [7, 11) is 0. The predicted molar refractivity (Wildman–Crippen MR) is 63.2 cm³/mol. The molecule has 0 N–H and O–H groups in total. The van der Waals surface area contributed by atoms with Crippen molar-refractivity contribution in [1.29, 1.82) is 0 Å². The monoisotopic (exact) mass is 298 g/mol. The van der Waals surface area contributed by atoms with Crippen LogP contribution in [-0.4, -0.2) is 16.2 Å². The lowest BCUT2D eigenvalue weighted by atomic mass is 10.3. The molecular formula is C10H7BrN2O2S. The topological polar surface area (TPSA) is 52.1 Å². The number of hydrogen-bond donors (Lipinski definition) is 0. The first kappa shape index (κ1) is 11.2. The van der Waals surface area contributed by atoms with Gasteiger partial charge in [0.1, 0.15) is 6.61 Å². The van der Waals surface area contributed by atoms with Crippen LogP contribution in [0.5, 0.6) is 0 Å². The van der Waals surface area contributed by atoms with Crippen LogP contribution < -0.4 is 0 Å². The van der Waals surface area contributed by atoms with E-state index in [2.05, 4.69) is 26.1 Å². The smallest absolute Gasteiger partial charge is 0.340 e. The molecule has 0 fully saturated rings. The molecule has 2 heterocycles. The molecule has 0 aliphatic heterocycles. The van der Waals surface area contributed by atoms with Crippen LogP contribution in [0.4, 0.5) is 0 Å². The first-order valence-electron chi connectivity index (χ1n) is 4.42. The Morgan fingerprint density at radius 3 is 3.00 bits per heavy atom. The van der Waals surface area contributed by atoms with E-state index in [-0.39, 0.29) is 6.61 Å². The number of esters is 1. The normalized spacial score (nSPS) is 10.1. The Kier molecular flexibility index (Phi) is 3.63. The Morgan fingerprint density at radius 1 is 1.50 bits per heavy atom. The molecule has 2 aromatic rings. The fraction of sp³-hybridized carbons (Fsp3) is 0.100. The zero-order valence-corrected chi connectivity index (χ0v) is 10.5. The third kappa shape index (κ3) is 2.86. The average Bonchev–Trinajstić information content (AvgIpc) is 2.73. The van der Waals surface area contributed by atoms with Crippen LogP contribution in [0.2, 0.25) is 0 Å². The Labute approximate surface area is 104 Å². The van der Waals surface area contributed by atoms with Crippen LogP contribution in [0.3, 0.4) is 0 Å². The van der Waals surface area contributed by atoms with Crippen LogP contribution in [0.1, 0.15) is 15.9 Å². The van der Waals surface area contributed by atoms with Gasteiger partial charge in [0, 0.05) is 5.56 Å². The second-order valence-electron chi connectivity index (χ2n) is 2.97. The van der Waals surface area contributed by atoms with E-state index >= 15 is 0 Å². The van der Waals surface area contributed by atoms with E-state index in [1.54, 1.807) is 17.4 Å². The third-order valence-electron chi connectivity index (χ3n) is 1.81. The van der Waals surface area contributed by atoms with E-state index in [0.29, 0.717) is 5.56 Å². The van der Waals surface area contributed by atoms with Gasteiger partial charge in [-0.1, -0.05) is 0 Å². The number of rotatable bonds is 3. The Balaban J connectivity index is 1.94. The van der Waals surface area contributed by atoms with Gasteiger partial charge < -0.3 is 4.74 Å². The summed E-state index contributed by atoms with van der Waals surface area (Å²) in [5.74, 6) is -0.391. The van der Waals surface area contributed by atoms with Crippen LogP contribution in [0.15, 0.2) is 33.7 Å². The van der Waals surface area contributed by atoms with Gasteiger partial charge in [-0.3, -0.25) is 0 Å². The summed E-state index contributed by atoms with van der Waals surface area (Å²) in [6, 6.07) is 3.49. The molecule has 0 aliphatic rings. The molecule has 4 nitrogen and oxygen atoms in total. The Hall–Kier alpha value is -1.27. The van der Waals surface area contributed by atoms with Gasteiger partial charge in [0.25, 0.3) is 0 Å². The van der Waals surface area contributed by atoms with Crippen molar-refractivity contribution in [3.8, 4) is 0 Å². The molecule has 0 atom stereocenters. The minimum atomic E-state index is -0.391. The molecule has 0 unspecified atom stereocenters. The summed E-state index contributed by atoms with van der Waals surface area (Å²) in [4.78, 5) is 11.5. The molecule has 16 heavy (non-hydrogen) atoms. The maximum Gasteiger partial charge on any atom is 0.340 e. The maximum atomic E-state index is 11.5. The van der Waals surface area contributed by atoms with Gasteiger partial charge in [0.15, 0.2) is 0 Å².